The molecule has 2 heterocycles. The first-order chi connectivity index (χ1) is 10.7. The first-order valence-electron chi connectivity index (χ1n) is 7.52. The summed E-state index contributed by atoms with van der Waals surface area (Å²) in [5, 5.41) is 11.3. The van der Waals surface area contributed by atoms with Gasteiger partial charge >= 0.3 is 11.8 Å². The number of amides is 1. The van der Waals surface area contributed by atoms with Gasteiger partial charge in [0.2, 0.25) is 0 Å². The summed E-state index contributed by atoms with van der Waals surface area (Å²) < 4.78 is 6.61. The lowest BCUT2D eigenvalue weighted by Gasteiger charge is -2.14. The average Bonchev–Trinajstić information content (AvgIpc) is 3.04. The van der Waals surface area contributed by atoms with E-state index in [0.717, 1.165) is 25.7 Å². The van der Waals surface area contributed by atoms with Crippen molar-refractivity contribution in [2.45, 2.75) is 51.1 Å². The third kappa shape index (κ3) is 3.85. The van der Waals surface area contributed by atoms with E-state index in [9.17, 15) is 4.79 Å². The van der Waals surface area contributed by atoms with Crippen molar-refractivity contribution in [1.82, 2.24) is 25.2 Å². The first-order valence-corrected chi connectivity index (χ1v) is 7.90. The molecule has 1 aliphatic carbocycles. The number of carbonyl (C=O) groups excluding carboxylic acids is 1. The maximum absolute atomic E-state index is 12.1. The smallest absolute Gasteiger partial charge is 0.316 e. The summed E-state index contributed by atoms with van der Waals surface area (Å²) in [5.74, 6) is 0.0902. The standard InChI is InChI=1S/C14H18ClN5O2/c15-10-7-16-20(8-10)9-12-18-14(22-19-12)13(21)17-11-5-3-1-2-4-6-11/h7-8,11H,1-6,9H2,(H,17,21). The molecule has 3 rings (SSSR count). The number of hydrogen-bond donors (Lipinski definition) is 1. The highest BCUT2D eigenvalue weighted by Crippen LogP contribution is 2.17. The van der Waals surface area contributed by atoms with Crippen LogP contribution in [-0.4, -0.2) is 31.9 Å². The Morgan fingerprint density at radius 2 is 2.14 bits per heavy atom. The summed E-state index contributed by atoms with van der Waals surface area (Å²) in [6.45, 7) is 0.312. The van der Waals surface area contributed by atoms with Crippen molar-refractivity contribution >= 4 is 17.5 Å². The molecule has 22 heavy (non-hydrogen) atoms. The molecule has 0 spiro atoms. The van der Waals surface area contributed by atoms with Gasteiger partial charge in [0.1, 0.15) is 6.54 Å². The minimum absolute atomic E-state index is 0.00231. The van der Waals surface area contributed by atoms with Crippen LogP contribution in [0, 0.1) is 0 Å². The Hall–Kier alpha value is -1.89. The van der Waals surface area contributed by atoms with Crippen molar-refractivity contribution in [3.8, 4) is 0 Å². The Kier molecular flexibility index (Phi) is 4.72. The summed E-state index contributed by atoms with van der Waals surface area (Å²) in [4.78, 5) is 16.3. The SMILES string of the molecule is O=C(NC1CCCCCC1)c1nc(Cn2cc(Cl)cn2)no1. The molecule has 2 aromatic heterocycles. The Labute approximate surface area is 133 Å². The second kappa shape index (κ2) is 6.91. The van der Waals surface area contributed by atoms with Crippen molar-refractivity contribution < 1.29 is 9.32 Å². The third-order valence-electron chi connectivity index (χ3n) is 3.76. The number of rotatable bonds is 4. The van der Waals surface area contributed by atoms with E-state index in [-0.39, 0.29) is 17.8 Å². The van der Waals surface area contributed by atoms with E-state index >= 15 is 0 Å². The van der Waals surface area contributed by atoms with Crippen molar-refractivity contribution in [3.05, 3.63) is 29.1 Å². The summed E-state index contributed by atoms with van der Waals surface area (Å²) in [7, 11) is 0. The number of nitrogens with one attached hydrogen (secondary N) is 1. The molecular formula is C14H18ClN5O2. The molecule has 0 saturated heterocycles. The molecule has 0 bridgehead atoms. The molecule has 0 unspecified atom stereocenters. The summed E-state index contributed by atoms with van der Waals surface area (Å²) >= 11 is 5.79. The lowest BCUT2D eigenvalue weighted by molar-refractivity contribution is 0.0889. The van der Waals surface area contributed by atoms with Gasteiger partial charge in [-0.05, 0) is 12.8 Å². The maximum atomic E-state index is 12.1. The maximum Gasteiger partial charge on any atom is 0.316 e. The number of hydrogen-bond acceptors (Lipinski definition) is 5. The van der Waals surface area contributed by atoms with Gasteiger partial charge < -0.3 is 9.84 Å². The van der Waals surface area contributed by atoms with Crippen LogP contribution >= 0.6 is 11.6 Å². The van der Waals surface area contributed by atoms with Gasteiger partial charge in [0.15, 0.2) is 5.82 Å². The molecule has 1 amide bonds. The zero-order valence-corrected chi connectivity index (χ0v) is 12.9. The lowest BCUT2D eigenvalue weighted by Crippen LogP contribution is -2.34. The minimum Gasteiger partial charge on any atom is -0.345 e. The van der Waals surface area contributed by atoms with Gasteiger partial charge in [-0.3, -0.25) is 9.48 Å². The fraction of sp³-hybridized carbons (Fsp3) is 0.571. The van der Waals surface area contributed by atoms with Crippen LogP contribution in [0.25, 0.3) is 0 Å². The van der Waals surface area contributed by atoms with Gasteiger partial charge in [0, 0.05) is 12.2 Å². The number of nitrogens with zero attached hydrogens (tertiary/aromatic N) is 4. The summed E-state index contributed by atoms with van der Waals surface area (Å²) in [6, 6.07) is 0.204. The van der Waals surface area contributed by atoms with Crippen molar-refractivity contribution in [3.63, 3.8) is 0 Å². The van der Waals surface area contributed by atoms with Gasteiger partial charge in [-0.15, -0.1) is 0 Å². The fourth-order valence-electron chi connectivity index (χ4n) is 2.65. The van der Waals surface area contributed by atoms with E-state index in [2.05, 4.69) is 20.6 Å². The second-order valence-electron chi connectivity index (χ2n) is 5.53. The van der Waals surface area contributed by atoms with Gasteiger partial charge in [-0.1, -0.05) is 42.4 Å². The number of aromatic nitrogens is 4. The molecule has 7 nitrogen and oxygen atoms in total. The van der Waals surface area contributed by atoms with Crippen LogP contribution in [0.2, 0.25) is 5.02 Å². The molecular weight excluding hydrogens is 306 g/mol. The Morgan fingerprint density at radius 1 is 1.36 bits per heavy atom. The topological polar surface area (TPSA) is 85.8 Å². The largest absolute Gasteiger partial charge is 0.345 e. The Morgan fingerprint density at radius 3 is 2.82 bits per heavy atom. The van der Waals surface area contributed by atoms with Gasteiger partial charge in [-0.2, -0.15) is 10.1 Å². The minimum atomic E-state index is -0.302. The van der Waals surface area contributed by atoms with Gasteiger partial charge in [0.05, 0.1) is 11.2 Å². The Balaban J connectivity index is 1.58. The van der Waals surface area contributed by atoms with Gasteiger partial charge in [-0.25, -0.2) is 0 Å². The average molecular weight is 324 g/mol. The second-order valence-corrected chi connectivity index (χ2v) is 5.97. The third-order valence-corrected chi connectivity index (χ3v) is 3.95. The summed E-state index contributed by atoms with van der Waals surface area (Å²) in [5.41, 5.74) is 0. The molecule has 2 aromatic rings. The highest BCUT2D eigenvalue weighted by molar-refractivity contribution is 6.30. The Bertz CT molecular complexity index is 631. The van der Waals surface area contributed by atoms with E-state index in [1.807, 2.05) is 0 Å². The molecule has 1 aliphatic rings. The molecule has 8 heteroatoms. The van der Waals surface area contributed by atoms with Crippen molar-refractivity contribution in [1.29, 1.82) is 0 Å². The first kappa shape index (κ1) is 15.0. The molecule has 1 N–H and O–H groups in total. The lowest BCUT2D eigenvalue weighted by atomic mass is 10.1. The molecule has 118 valence electrons. The van der Waals surface area contributed by atoms with E-state index in [4.69, 9.17) is 16.1 Å². The number of halogens is 1. The van der Waals surface area contributed by atoms with Crippen LogP contribution in [0.1, 0.15) is 55.0 Å². The molecule has 0 atom stereocenters. The quantitative estimate of drug-likeness (QED) is 0.873. The van der Waals surface area contributed by atoms with Crippen molar-refractivity contribution in [2.75, 3.05) is 0 Å². The predicted molar refractivity (Wildman–Crippen MR) is 79.6 cm³/mol. The monoisotopic (exact) mass is 323 g/mol. The normalized spacial score (nSPS) is 16.4. The number of carbonyl (C=O) groups is 1. The van der Waals surface area contributed by atoms with Crippen LogP contribution in [0.3, 0.4) is 0 Å². The zero-order valence-electron chi connectivity index (χ0n) is 12.2. The van der Waals surface area contributed by atoms with Crippen LogP contribution in [0.15, 0.2) is 16.9 Å². The van der Waals surface area contributed by atoms with E-state index in [1.165, 1.54) is 19.0 Å². The van der Waals surface area contributed by atoms with Gasteiger partial charge in [0.25, 0.3) is 0 Å². The van der Waals surface area contributed by atoms with E-state index in [0.29, 0.717) is 17.4 Å². The van der Waals surface area contributed by atoms with Crippen LogP contribution in [0.5, 0.6) is 0 Å². The van der Waals surface area contributed by atoms with E-state index < -0.39 is 0 Å². The van der Waals surface area contributed by atoms with Crippen LogP contribution in [-0.2, 0) is 6.54 Å². The molecule has 1 saturated carbocycles. The zero-order chi connectivity index (χ0) is 15.4. The molecule has 0 aromatic carbocycles. The van der Waals surface area contributed by atoms with Crippen molar-refractivity contribution in [2.24, 2.45) is 0 Å². The fourth-order valence-corrected chi connectivity index (χ4v) is 2.81. The molecule has 0 radical (unpaired) electrons. The highest BCUT2D eigenvalue weighted by atomic mass is 35.5. The predicted octanol–water partition coefficient (Wildman–Crippen LogP) is 2.42. The summed E-state index contributed by atoms with van der Waals surface area (Å²) in [6.07, 6.45) is 9.99. The molecule has 1 fully saturated rings. The van der Waals surface area contributed by atoms with Crippen LogP contribution < -0.4 is 5.32 Å². The highest BCUT2D eigenvalue weighted by Gasteiger charge is 2.20. The van der Waals surface area contributed by atoms with E-state index in [1.54, 1.807) is 10.9 Å². The molecule has 0 aliphatic heterocycles. The van der Waals surface area contributed by atoms with Crippen LogP contribution in [0.4, 0.5) is 0 Å².